The summed E-state index contributed by atoms with van der Waals surface area (Å²) in [6, 6.07) is 2.82. The zero-order chi connectivity index (χ0) is 14.9. The van der Waals surface area contributed by atoms with Crippen molar-refractivity contribution in [2.75, 3.05) is 6.54 Å². The van der Waals surface area contributed by atoms with Crippen molar-refractivity contribution in [1.82, 2.24) is 4.31 Å². The van der Waals surface area contributed by atoms with Crippen molar-refractivity contribution >= 4 is 21.6 Å². The van der Waals surface area contributed by atoms with Crippen LogP contribution in [0, 0.1) is 5.82 Å². The molecular weight excluding hydrogens is 303 g/mol. The summed E-state index contributed by atoms with van der Waals surface area (Å²) < 4.78 is 39.9. The molecule has 1 aliphatic heterocycles. The van der Waals surface area contributed by atoms with E-state index in [1.165, 1.54) is 10.4 Å². The Labute approximate surface area is 123 Å². The Balaban J connectivity index is 2.42. The van der Waals surface area contributed by atoms with Gasteiger partial charge in [-0.05, 0) is 38.0 Å². The third kappa shape index (κ3) is 2.98. The summed E-state index contributed by atoms with van der Waals surface area (Å²) in [6.45, 7) is 2.22. The second-order valence-electron chi connectivity index (χ2n) is 5.11. The van der Waals surface area contributed by atoms with E-state index in [-0.39, 0.29) is 22.0 Å². The zero-order valence-corrected chi connectivity index (χ0v) is 12.8. The number of hydrogen-bond donors (Lipinski definition) is 1. The Hall–Kier alpha value is -0.690. The van der Waals surface area contributed by atoms with Crippen LogP contribution in [0.2, 0.25) is 5.02 Å². The highest BCUT2D eigenvalue weighted by molar-refractivity contribution is 7.89. The molecule has 0 spiro atoms. The van der Waals surface area contributed by atoms with Crippen molar-refractivity contribution < 1.29 is 12.8 Å². The Morgan fingerprint density at radius 1 is 1.45 bits per heavy atom. The predicted molar refractivity (Wildman–Crippen MR) is 76.6 cm³/mol. The smallest absolute Gasteiger partial charge is 0.244 e. The van der Waals surface area contributed by atoms with Gasteiger partial charge in [-0.2, -0.15) is 4.31 Å². The Morgan fingerprint density at radius 2 is 2.15 bits per heavy atom. The molecule has 4 nitrogen and oxygen atoms in total. The van der Waals surface area contributed by atoms with Gasteiger partial charge in [0.2, 0.25) is 10.0 Å². The van der Waals surface area contributed by atoms with Crippen LogP contribution in [-0.2, 0) is 10.0 Å². The molecule has 1 aliphatic rings. The number of benzene rings is 1. The van der Waals surface area contributed by atoms with E-state index in [9.17, 15) is 12.8 Å². The lowest BCUT2D eigenvalue weighted by Crippen LogP contribution is -2.51. The molecule has 0 unspecified atom stereocenters. The average Bonchev–Trinajstić information content (AvgIpc) is 2.38. The van der Waals surface area contributed by atoms with E-state index in [1.54, 1.807) is 6.92 Å². The van der Waals surface area contributed by atoms with E-state index in [1.807, 2.05) is 0 Å². The van der Waals surface area contributed by atoms with Gasteiger partial charge in [0.15, 0.2) is 0 Å². The topological polar surface area (TPSA) is 63.4 Å². The minimum atomic E-state index is -3.75. The molecule has 1 heterocycles. The number of hydrogen-bond acceptors (Lipinski definition) is 3. The lowest BCUT2D eigenvalue weighted by Gasteiger charge is -2.37. The van der Waals surface area contributed by atoms with Crippen molar-refractivity contribution in [3.63, 3.8) is 0 Å². The second-order valence-corrected chi connectivity index (χ2v) is 7.38. The van der Waals surface area contributed by atoms with E-state index in [2.05, 4.69) is 0 Å². The van der Waals surface area contributed by atoms with Crippen LogP contribution in [0.3, 0.4) is 0 Å². The maximum Gasteiger partial charge on any atom is 0.244 e. The van der Waals surface area contributed by atoms with Crippen LogP contribution in [0.5, 0.6) is 0 Å². The largest absolute Gasteiger partial charge is 0.326 e. The highest BCUT2D eigenvalue weighted by Gasteiger charge is 2.36. The molecule has 1 saturated heterocycles. The van der Waals surface area contributed by atoms with Crippen molar-refractivity contribution in [3.8, 4) is 0 Å². The third-order valence-electron chi connectivity index (χ3n) is 3.59. The number of halogens is 2. The molecule has 0 aliphatic carbocycles. The quantitative estimate of drug-likeness (QED) is 0.930. The Bertz CT molecular complexity index is 592. The van der Waals surface area contributed by atoms with Crippen molar-refractivity contribution in [2.45, 2.75) is 43.2 Å². The molecule has 1 aromatic carbocycles. The minimum absolute atomic E-state index is 0.0619. The van der Waals surface area contributed by atoms with Crippen LogP contribution >= 0.6 is 11.6 Å². The van der Waals surface area contributed by atoms with Gasteiger partial charge in [-0.1, -0.05) is 18.0 Å². The molecule has 1 fully saturated rings. The molecule has 0 amide bonds. The maximum absolute atomic E-state index is 13.1. The van der Waals surface area contributed by atoms with Crippen LogP contribution in [0.4, 0.5) is 4.39 Å². The summed E-state index contributed by atoms with van der Waals surface area (Å²) in [4.78, 5) is -0.0619. The second kappa shape index (κ2) is 5.97. The van der Waals surface area contributed by atoms with Gasteiger partial charge < -0.3 is 5.73 Å². The normalized spacial score (nSPS) is 22.7. The highest BCUT2D eigenvalue weighted by atomic mass is 35.5. The van der Waals surface area contributed by atoms with Crippen molar-refractivity contribution in [3.05, 3.63) is 29.0 Å². The Morgan fingerprint density at radius 3 is 2.75 bits per heavy atom. The number of nitrogens with two attached hydrogens (primary N) is 1. The van der Waals surface area contributed by atoms with Crippen LogP contribution in [0.25, 0.3) is 0 Å². The summed E-state index contributed by atoms with van der Waals surface area (Å²) >= 11 is 5.88. The molecule has 2 rings (SSSR count). The summed E-state index contributed by atoms with van der Waals surface area (Å²) in [7, 11) is -3.75. The van der Waals surface area contributed by atoms with Crippen molar-refractivity contribution in [2.24, 2.45) is 5.73 Å². The maximum atomic E-state index is 13.1. The van der Waals surface area contributed by atoms with Gasteiger partial charge >= 0.3 is 0 Å². The van der Waals surface area contributed by atoms with Gasteiger partial charge in [-0.25, -0.2) is 12.8 Å². The molecule has 0 bridgehead atoms. The highest BCUT2D eigenvalue weighted by Crippen LogP contribution is 2.30. The predicted octanol–water partition coefficient (Wildman–Crippen LogP) is 2.37. The molecule has 20 heavy (non-hydrogen) atoms. The molecule has 2 N–H and O–H groups in total. The molecule has 0 saturated carbocycles. The summed E-state index contributed by atoms with van der Waals surface area (Å²) in [5.74, 6) is -0.559. The fourth-order valence-electron chi connectivity index (χ4n) is 2.57. The SMILES string of the molecule is C[C@@H](N)[C@@H]1CCCCN1S(=O)(=O)c1ccc(F)cc1Cl. The van der Waals surface area contributed by atoms with Crippen molar-refractivity contribution in [1.29, 1.82) is 0 Å². The summed E-state index contributed by atoms with van der Waals surface area (Å²) in [5, 5.41) is -0.0982. The standard InChI is InChI=1S/C13H18ClFN2O2S/c1-9(16)12-4-2-3-7-17(12)20(18,19)13-6-5-10(15)8-11(13)14/h5-6,8-9,12H,2-4,7,16H2,1H3/t9-,12+/m1/s1. The fraction of sp³-hybridized carbons (Fsp3) is 0.538. The molecule has 112 valence electrons. The molecule has 1 aromatic rings. The van der Waals surface area contributed by atoms with Gasteiger partial charge in [0.25, 0.3) is 0 Å². The molecule has 2 atom stereocenters. The van der Waals surface area contributed by atoms with E-state index in [0.717, 1.165) is 31.4 Å². The molecular formula is C13H18ClFN2O2S. The van der Waals surface area contributed by atoms with E-state index in [0.29, 0.717) is 6.54 Å². The van der Waals surface area contributed by atoms with Gasteiger partial charge in [0, 0.05) is 18.6 Å². The molecule has 7 heteroatoms. The monoisotopic (exact) mass is 320 g/mol. The van der Waals surface area contributed by atoms with E-state index < -0.39 is 15.8 Å². The van der Waals surface area contributed by atoms with Gasteiger partial charge in [0.05, 0.1) is 5.02 Å². The van der Waals surface area contributed by atoms with Crippen LogP contribution < -0.4 is 5.73 Å². The minimum Gasteiger partial charge on any atom is -0.326 e. The summed E-state index contributed by atoms with van der Waals surface area (Å²) in [5.41, 5.74) is 5.90. The number of rotatable bonds is 3. The summed E-state index contributed by atoms with van der Waals surface area (Å²) in [6.07, 6.45) is 2.48. The lowest BCUT2D eigenvalue weighted by molar-refractivity contribution is 0.227. The lowest BCUT2D eigenvalue weighted by atomic mass is 10.00. The number of piperidine rings is 1. The first-order valence-electron chi connectivity index (χ1n) is 6.56. The average molecular weight is 321 g/mol. The first-order valence-corrected chi connectivity index (χ1v) is 8.38. The van der Waals surface area contributed by atoms with Gasteiger partial charge in [0.1, 0.15) is 10.7 Å². The Kier molecular flexibility index (Phi) is 4.69. The van der Waals surface area contributed by atoms with Crippen LogP contribution in [0.1, 0.15) is 26.2 Å². The first kappa shape index (κ1) is 15.7. The molecule has 0 radical (unpaired) electrons. The number of sulfonamides is 1. The van der Waals surface area contributed by atoms with E-state index in [4.69, 9.17) is 17.3 Å². The van der Waals surface area contributed by atoms with Gasteiger partial charge in [-0.3, -0.25) is 0 Å². The van der Waals surface area contributed by atoms with Crippen LogP contribution in [-0.4, -0.2) is 31.4 Å². The van der Waals surface area contributed by atoms with E-state index >= 15 is 0 Å². The number of nitrogens with zero attached hydrogens (tertiary/aromatic N) is 1. The van der Waals surface area contributed by atoms with Crippen LogP contribution in [0.15, 0.2) is 23.1 Å². The first-order chi connectivity index (χ1) is 9.34. The molecule has 0 aromatic heterocycles. The zero-order valence-electron chi connectivity index (χ0n) is 11.2. The fourth-order valence-corrected chi connectivity index (χ4v) is 4.85. The third-order valence-corrected chi connectivity index (χ3v) is 5.99. The van der Waals surface area contributed by atoms with Gasteiger partial charge in [-0.15, -0.1) is 0 Å².